The number of aryl methyl sites for hydroxylation is 6. The molecule has 0 amide bonds. The molecule has 25 aliphatic rings. The molecule has 129 heavy (non-hydrogen) atoms. The third-order valence-corrected chi connectivity index (χ3v) is 33.1. The maximum Gasteiger partial charge on any atom is 0.122 e. The minimum absolute atomic E-state index is 0. The SMILES string of the molecule is C.C1CC2CC1CN2.C1CC2CCC(C1)N2.C1CC2CCC1C2.C1CC2CCC1CC2.C1CC2CCC1CN2.C1CCCCC1.C1CCN2CCOCC2C1.C1CCNCC1.C1CCOCC1.C1NCC12CNC2.c1ccc2c(c1)CCC2.c1ccc2c(c1)CCC2.c1ccc2c(c1)CCCC2.c1ccc2c(c1)CCN2.c1ccc2c(c1)CCO2.c1ccc2c(c1)CNS2. The minimum atomic E-state index is 0. The van der Waals surface area contributed by atoms with Gasteiger partial charge < -0.3 is 51.4 Å². The largest absolute Gasteiger partial charge is 0.493 e. The molecule has 0 aromatic heterocycles. The summed E-state index contributed by atoms with van der Waals surface area (Å²) >= 11 is 1.72. The summed E-state index contributed by atoms with van der Waals surface area (Å²) in [6.07, 6.45) is 71.6. The number of nitrogens with zero attached hydrogens (tertiary/aromatic N) is 1. The lowest BCUT2D eigenvalue weighted by molar-refractivity contribution is -0.0231. The van der Waals surface area contributed by atoms with Gasteiger partial charge in [0, 0.05) is 112 Å². The van der Waals surface area contributed by atoms with Crippen LogP contribution in [0.15, 0.2) is 150 Å². The fraction of sp³-hybridized carbons (Fsp3) is 0.690. The molecular formula is C116H181N9O3S. The van der Waals surface area contributed by atoms with E-state index in [2.05, 4.69) is 174 Å². The summed E-state index contributed by atoms with van der Waals surface area (Å²) in [7, 11) is 0. The van der Waals surface area contributed by atoms with Crippen molar-refractivity contribution in [1.82, 2.24) is 41.5 Å². The Balaban J connectivity index is 0.000000118. The molecule has 8 saturated carbocycles. The molecule has 1 spiro atoms. The van der Waals surface area contributed by atoms with Crippen molar-refractivity contribution in [1.29, 1.82) is 0 Å². The van der Waals surface area contributed by atoms with E-state index < -0.39 is 0 Å². The van der Waals surface area contributed by atoms with E-state index in [4.69, 9.17) is 14.2 Å². The molecule has 14 heterocycles. The van der Waals surface area contributed by atoms with Gasteiger partial charge in [-0.3, -0.25) is 9.62 Å². The van der Waals surface area contributed by atoms with E-state index in [0.717, 1.165) is 118 Å². The van der Waals surface area contributed by atoms with Gasteiger partial charge in [-0.15, -0.1) is 0 Å². The highest BCUT2D eigenvalue weighted by Gasteiger charge is 2.42. The van der Waals surface area contributed by atoms with Crippen LogP contribution in [0.1, 0.15) is 327 Å². The molecule has 14 aliphatic heterocycles. The van der Waals surface area contributed by atoms with Crippen LogP contribution in [0.2, 0.25) is 0 Å². The lowest BCUT2D eigenvalue weighted by atomic mass is 9.71. The summed E-state index contributed by atoms with van der Waals surface area (Å²) in [5.41, 5.74) is 15.7. The molecule has 10 bridgehead atoms. The molecule has 12 nitrogen and oxygen atoms in total. The Labute approximate surface area is 791 Å². The molecule has 6 aromatic rings. The molecule has 5 unspecified atom stereocenters. The summed E-state index contributed by atoms with van der Waals surface area (Å²) in [5.74, 6) is 7.82. The second kappa shape index (κ2) is 59.0. The maximum absolute atomic E-state index is 5.40. The van der Waals surface area contributed by atoms with E-state index in [0.29, 0.717) is 0 Å². The van der Waals surface area contributed by atoms with Gasteiger partial charge in [-0.05, 0) is 341 Å². The van der Waals surface area contributed by atoms with Gasteiger partial charge in [0.15, 0.2) is 0 Å². The molecule has 19 fully saturated rings. The number of ether oxygens (including phenoxy) is 3. The molecule has 11 saturated heterocycles. The monoisotopic (exact) mass is 1780 g/mol. The number of morpholine rings is 1. The number of rotatable bonds is 0. The summed E-state index contributed by atoms with van der Waals surface area (Å²) in [5, 5.41) is 23.7. The fourth-order valence-corrected chi connectivity index (χ4v) is 24.6. The molecule has 0 radical (unpaired) electrons. The van der Waals surface area contributed by atoms with E-state index in [1.54, 1.807) is 116 Å². The van der Waals surface area contributed by atoms with E-state index in [-0.39, 0.29) is 7.43 Å². The van der Waals surface area contributed by atoms with E-state index in [1.165, 1.54) is 349 Å². The number of nitrogens with one attached hydrogen (secondary N) is 8. The Morgan fingerprint density at radius 2 is 0.775 bits per heavy atom. The topological polar surface area (TPSA) is 127 Å². The van der Waals surface area contributed by atoms with Crippen LogP contribution in [0.5, 0.6) is 5.75 Å². The fourth-order valence-electron chi connectivity index (χ4n) is 23.8. The average molecular weight is 1780 g/mol. The Morgan fingerprint density at radius 3 is 1.15 bits per heavy atom. The second-order valence-corrected chi connectivity index (χ2v) is 42.9. The first-order chi connectivity index (χ1) is 63.4. The predicted molar refractivity (Wildman–Crippen MR) is 549 cm³/mol. The summed E-state index contributed by atoms with van der Waals surface area (Å²) in [6, 6.07) is 55.8. The molecular weight excluding hydrogens is 1600 g/mol. The van der Waals surface area contributed by atoms with Gasteiger partial charge in [0.1, 0.15) is 5.75 Å². The number of para-hydroxylation sites is 2. The predicted octanol–water partition coefficient (Wildman–Crippen LogP) is 24.9. The van der Waals surface area contributed by atoms with Crippen molar-refractivity contribution >= 4 is 17.6 Å². The van der Waals surface area contributed by atoms with Crippen LogP contribution >= 0.6 is 11.9 Å². The van der Waals surface area contributed by atoms with E-state index in [9.17, 15) is 0 Å². The minimum Gasteiger partial charge on any atom is -0.493 e. The smallest absolute Gasteiger partial charge is 0.122 e. The highest BCUT2D eigenvalue weighted by atomic mass is 32.2. The molecule has 11 aliphatic carbocycles. The Hall–Kier alpha value is -5.13. The van der Waals surface area contributed by atoms with Crippen LogP contribution in [0.3, 0.4) is 0 Å². The zero-order valence-electron chi connectivity index (χ0n) is 80.2. The van der Waals surface area contributed by atoms with Crippen molar-refractivity contribution < 1.29 is 14.2 Å². The Bertz CT molecular complexity index is 3260. The first-order valence-corrected chi connectivity index (χ1v) is 54.7. The Kier molecular flexibility index (Phi) is 46.3. The van der Waals surface area contributed by atoms with Gasteiger partial charge in [-0.2, -0.15) is 0 Å². The van der Waals surface area contributed by atoms with Crippen molar-refractivity contribution in [2.45, 2.75) is 370 Å². The highest BCUT2D eigenvalue weighted by molar-refractivity contribution is 7.97. The number of benzene rings is 6. The Morgan fingerprint density at radius 1 is 0.310 bits per heavy atom. The molecule has 6 aromatic carbocycles. The summed E-state index contributed by atoms with van der Waals surface area (Å²) < 4.78 is 19.0. The number of hydrogen-bond donors (Lipinski definition) is 8. The van der Waals surface area contributed by atoms with Crippen LogP contribution in [0, 0.1) is 40.9 Å². The average Bonchev–Trinajstić information content (AvgIpc) is 1.11. The van der Waals surface area contributed by atoms with Gasteiger partial charge >= 0.3 is 0 Å². The van der Waals surface area contributed by atoms with Crippen molar-refractivity contribution in [3.8, 4) is 5.75 Å². The number of hydrogen-bond acceptors (Lipinski definition) is 13. The standard InChI is InChI=1S/C10H12.2C9H10.C8H15NO.C8H9N.C8H8O.C8H14.C7H7NS.2C7H13N.C7H12.C6H11N.C6H12.C5H10N2.C5H11N.C5H10O.CH4/c1-2-6-10-8-4-3-7-9(10)5-1;2*1-2-5-9-7-3-6-8(9)4-1;1-2-4-9-5-6-10-7-8(9)3-1;2*1-2-4-8-7(3-1)5-6-9-8;1-2-8-5-3-7(1)4-6-8;1-2-4-7-6(3-1)5-8-9-7;1-3-7-4-2-6(1)5-8-7;1-2-6-4-5-7(3-1)8-6;1-2-7-4-3-6(1)5-7;1-2-6-3-5(1)4-7-6;1-2-4-6-5-3-1;1-5(2-6-1)3-7-4-5;2*1-2-4-6-5-3-1;/h1-2,5-6H,3-4,7-8H2;2*1-2,4-5H,3,6-7H2;8H,1-7H2;1-4,9H,5-6H2;1-4H,5-6H2;7-8H,1-6H2;1-4,8H,5H2;2*6-8H,1-5H2;6-7H,1-5H2;5-7H,1-4H2;1-6H2;6-7H,1-4H2;6H,1-5H2;1-5H2;1H4. The van der Waals surface area contributed by atoms with Gasteiger partial charge in [-0.25, -0.2) is 0 Å². The number of piperidine rings is 6. The molecule has 31 rings (SSSR count). The lowest BCUT2D eigenvalue weighted by Gasteiger charge is -2.50. The van der Waals surface area contributed by atoms with E-state index in [1.807, 2.05) is 18.2 Å². The zero-order valence-corrected chi connectivity index (χ0v) is 81.0. The molecule has 13 heteroatoms. The summed E-state index contributed by atoms with van der Waals surface area (Å²) in [4.78, 5) is 3.95. The first kappa shape index (κ1) is 101. The van der Waals surface area contributed by atoms with Gasteiger partial charge in [-0.1, -0.05) is 257 Å². The maximum atomic E-state index is 5.40. The number of fused-ring (bicyclic) bond motifs is 19. The van der Waals surface area contributed by atoms with Crippen LogP contribution in [0.4, 0.5) is 5.69 Å². The third-order valence-electron chi connectivity index (χ3n) is 32.2. The van der Waals surface area contributed by atoms with Gasteiger partial charge in [0.2, 0.25) is 0 Å². The normalized spacial score (nSPS) is 28.1. The second-order valence-electron chi connectivity index (χ2n) is 41.9. The van der Waals surface area contributed by atoms with Gasteiger partial charge in [0.05, 0.1) is 19.8 Å². The number of anilines is 1. The lowest BCUT2D eigenvalue weighted by Crippen LogP contribution is -2.69. The zero-order chi connectivity index (χ0) is 87.2. The third kappa shape index (κ3) is 36.1. The quantitative estimate of drug-likeness (QED) is 0.0689. The van der Waals surface area contributed by atoms with Crippen LogP contribution in [-0.2, 0) is 67.4 Å². The molecule has 714 valence electrons. The van der Waals surface area contributed by atoms with E-state index >= 15 is 0 Å². The highest BCUT2D eigenvalue weighted by Crippen LogP contribution is 2.44. The first-order valence-electron chi connectivity index (χ1n) is 53.9. The van der Waals surface area contributed by atoms with Crippen molar-refractivity contribution in [2.75, 3.05) is 110 Å². The van der Waals surface area contributed by atoms with Crippen LogP contribution in [0.25, 0.3) is 0 Å². The summed E-state index contributed by atoms with van der Waals surface area (Å²) in [6.45, 7) is 19.5. The van der Waals surface area contributed by atoms with Crippen molar-refractivity contribution in [3.05, 3.63) is 196 Å². The van der Waals surface area contributed by atoms with Gasteiger partial charge in [0.25, 0.3) is 0 Å². The van der Waals surface area contributed by atoms with Crippen molar-refractivity contribution in [3.63, 3.8) is 0 Å². The molecule has 8 N–H and O–H groups in total. The van der Waals surface area contributed by atoms with Crippen molar-refractivity contribution in [2.24, 2.45) is 40.9 Å². The molecule has 5 atom stereocenters. The van der Waals surface area contributed by atoms with Crippen LogP contribution < -0.4 is 46.7 Å². The van der Waals surface area contributed by atoms with Crippen LogP contribution in [-0.4, -0.2) is 140 Å².